The van der Waals surface area contributed by atoms with Gasteiger partial charge in [-0.2, -0.15) is 0 Å². The number of ether oxygens (including phenoxy) is 1. The molecular weight excluding hydrogens is 262 g/mol. The van der Waals surface area contributed by atoms with Gasteiger partial charge in [-0.15, -0.1) is 0 Å². The summed E-state index contributed by atoms with van der Waals surface area (Å²) in [5.74, 6) is 2.33. The SMILES string of the molecule is Cc1cccc(OC[C@@H](O)CN2C[C@@H](C)C[C@H](C)C2)c1C. The highest BCUT2D eigenvalue weighted by molar-refractivity contribution is 5.38. The van der Waals surface area contributed by atoms with E-state index in [0.29, 0.717) is 13.2 Å². The molecule has 0 unspecified atom stereocenters. The van der Waals surface area contributed by atoms with Gasteiger partial charge in [-0.3, -0.25) is 0 Å². The fourth-order valence-electron chi connectivity index (χ4n) is 3.36. The van der Waals surface area contributed by atoms with Crippen LogP contribution < -0.4 is 4.74 Å². The predicted molar refractivity (Wildman–Crippen MR) is 86.8 cm³/mol. The molecule has 21 heavy (non-hydrogen) atoms. The topological polar surface area (TPSA) is 32.7 Å². The molecule has 0 radical (unpaired) electrons. The number of aryl methyl sites for hydroxylation is 1. The Labute approximate surface area is 128 Å². The Kier molecular flexibility index (Phi) is 5.65. The zero-order chi connectivity index (χ0) is 15.4. The summed E-state index contributed by atoms with van der Waals surface area (Å²) in [5, 5.41) is 10.2. The van der Waals surface area contributed by atoms with E-state index in [1.165, 1.54) is 12.0 Å². The minimum atomic E-state index is -0.428. The third kappa shape index (κ3) is 4.72. The number of aliphatic hydroxyl groups excluding tert-OH is 1. The summed E-state index contributed by atoms with van der Waals surface area (Å²) in [4.78, 5) is 2.37. The number of nitrogens with zero attached hydrogens (tertiary/aromatic N) is 1. The monoisotopic (exact) mass is 291 g/mol. The number of piperidine rings is 1. The smallest absolute Gasteiger partial charge is 0.122 e. The maximum atomic E-state index is 10.2. The molecule has 1 aliphatic heterocycles. The maximum Gasteiger partial charge on any atom is 0.122 e. The zero-order valence-electron chi connectivity index (χ0n) is 13.8. The second-order valence-electron chi connectivity index (χ2n) is 6.83. The highest BCUT2D eigenvalue weighted by Gasteiger charge is 2.23. The van der Waals surface area contributed by atoms with Crippen molar-refractivity contribution in [3.63, 3.8) is 0 Å². The first-order chi connectivity index (χ1) is 9.95. The van der Waals surface area contributed by atoms with E-state index >= 15 is 0 Å². The molecule has 118 valence electrons. The fraction of sp³-hybridized carbons (Fsp3) is 0.667. The van der Waals surface area contributed by atoms with E-state index in [1.54, 1.807) is 0 Å². The van der Waals surface area contributed by atoms with Crippen molar-refractivity contribution in [2.24, 2.45) is 11.8 Å². The lowest BCUT2D eigenvalue weighted by molar-refractivity contribution is 0.0427. The first-order valence-electron chi connectivity index (χ1n) is 8.05. The van der Waals surface area contributed by atoms with E-state index in [9.17, 15) is 5.11 Å². The van der Waals surface area contributed by atoms with Gasteiger partial charge in [-0.1, -0.05) is 26.0 Å². The van der Waals surface area contributed by atoms with E-state index in [0.717, 1.165) is 36.2 Å². The van der Waals surface area contributed by atoms with Crippen molar-refractivity contribution in [2.45, 2.75) is 40.2 Å². The van der Waals surface area contributed by atoms with E-state index in [-0.39, 0.29) is 0 Å². The Morgan fingerprint density at radius 2 is 1.90 bits per heavy atom. The largest absolute Gasteiger partial charge is 0.491 e. The van der Waals surface area contributed by atoms with Gasteiger partial charge in [0, 0.05) is 19.6 Å². The molecule has 1 aromatic carbocycles. The number of likely N-dealkylation sites (tertiary alicyclic amines) is 1. The van der Waals surface area contributed by atoms with Gasteiger partial charge in [0.1, 0.15) is 18.5 Å². The van der Waals surface area contributed by atoms with Crippen LogP contribution in [0.1, 0.15) is 31.4 Å². The number of aliphatic hydroxyl groups is 1. The van der Waals surface area contributed by atoms with E-state index in [4.69, 9.17) is 4.74 Å². The van der Waals surface area contributed by atoms with Crippen LogP contribution in [0.5, 0.6) is 5.75 Å². The van der Waals surface area contributed by atoms with Crippen LogP contribution in [0.2, 0.25) is 0 Å². The van der Waals surface area contributed by atoms with Crippen molar-refractivity contribution < 1.29 is 9.84 Å². The van der Waals surface area contributed by atoms with Crippen LogP contribution in [0.4, 0.5) is 0 Å². The van der Waals surface area contributed by atoms with Gasteiger partial charge < -0.3 is 14.7 Å². The van der Waals surface area contributed by atoms with Crippen LogP contribution >= 0.6 is 0 Å². The van der Waals surface area contributed by atoms with Gasteiger partial charge in [0.15, 0.2) is 0 Å². The lowest BCUT2D eigenvalue weighted by Crippen LogP contribution is -2.44. The van der Waals surface area contributed by atoms with Crippen LogP contribution in [0.25, 0.3) is 0 Å². The maximum absolute atomic E-state index is 10.2. The molecule has 0 bridgehead atoms. The molecule has 0 spiro atoms. The Balaban J connectivity index is 1.82. The van der Waals surface area contributed by atoms with Crippen LogP contribution in [0, 0.1) is 25.7 Å². The molecule has 3 nitrogen and oxygen atoms in total. The second-order valence-corrected chi connectivity index (χ2v) is 6.83. The lowest BCUT2D eigenvalue weighted by Gasteiger charge is -2.35. The molecular formula is C18H29NO2. The molecule has 2 rings (SSSR count). The molecule has 0 amide bonds. The fourth-order valence-corrected chi connectivity index (χ4v) is 3.36. The quantitative estimate of drug-likeness (QED) is 0.905. The Morgan fingerprint density at radius 1 is 1.24 bits per heavy atom. The van der Waals surface area contributed by atoms with Crippen LogP contribution in [0.3, 0.4) is 0 Å². The summed E-state index contributed by atoms with van der Waals surface area (Å²) in [6.07, 6.45) is 0.869. The third-order valence-corrected chi connectivity index (χ3v) is 4.40. The third-order valence-electron chi connectivity index (χ3n) is 4.40. The summed E-state index contributed by atoms with van der Waals surface area (Å²) < 4.78 is 5.80. The van der Waals surface area contributed by atoms with Crippen molar-refractivity contribution in [3.05, 3.63) is 29.3 Å². The molecule has 0 aliphatic carbocycles. The Morgan fingerprint density at radius 3 is 2.57 bits per heavy atom. The number of hydrogen-bond acceptors (Lipinski definition) is 3. The Bertz CT molecular complexity index is 451. The molecule has 1 aromatic rings. The van der Waals surface area contributed by atoms with Gasteiger partial charge in [0.2, 0.25) is 0 Å². The molecule has 1 N–H and O–H groups in total. The molecule has 3 heteroatoms. The van der Waals surface area contributed by atoms with Gasteiger partial charge in [-0.25, -0.2) is 0 Å². The van der Waals surface area contributed by atoms with Crippen molar-refractivity contribution in [1.82, 2.24) is 4.90 Å². The van der Waals surface area contributed by atoms with Crippen LogP contribution in [0.15, 0.2) is 18.2 Å². The van der Waals surface area contributed by atoms with Crippen LogP contribution in [-0.2, 0) is 0 Å². The average molecular weight is 291 g/mol. The minimum absolute atomic E-state index is 0.365. The summed E-state index contributed by atoms with van der Waals surface area (Å²) in [6, 6.07) is 6.05. The highest BCUT2D eigenvalue weighted by Crippen LogP contribution is 2.22. The van der Waals surface area contributed by atoms with E-state index in [2.05, 4.69) is 38.7 Å². The molecule has 3 atom stereocenters. The number of hydrogen-bond donors (Lipinski definition) is 1. The summed E-state index contributed by atoms with van der Waals surface area (Å²) in [7, 11) is 0. The molecule has 0 saturated carbocycles. The van der Waals surface area contributed by atoms with Gasteiger partial charge in [-0.05, 0) is 49.3 Å². The minimum Gasteiger partial charge on any atom is -0.491 e. The predicted octanol–water partition coefficient (Wildman–Crippen LogP) is 3.02. The second kappa shape index (κ2) is 7.28. The first kappa shape index (κ1) is 16.3. The first-order valence-corrected chi connectivity index (χ1v) is 8.05. The van der Waals surface area contributed by atoms with Gasteiger partial charge in [0.05, 0.1) is 0 Å². The molecule has 1 heterocycles. The Hall–Kier alpha value is -1.06. The van der Waals surface area contributed by atoms with Gasteiger partial charge >= 0.3 is 0 Å². The van der Waals surface area contributed by atoms with E-state index in [1.807, 2.05) is 12.1 Å². The van der Waals surface area contributed by atoms with Gasteiger partial charge in [0.25, 0.3) is 0 Å². The van der Waals surface area contributed by atoms with E-state index < -0.39 is 6.10 Å². The summed E-state index contributed by atoms with van der Waals surface area (Å²) in [5.41, 5.74) is 2.38. The number of benzene rings is 1. The van der Waals surface area contributed by atoms with Crippen LogP contribution in [-0.4, -0.2) is 42.4 Å². The van der Waals surface area contributed by atoms with Crippen molar-refractivity contribution in [1.29, 1.82) is 0 Å². The molecule has 1 aliphatic rings. The normalized spacial score (nSPS) is 24.8. The number of β-amino-alcohol motifs (C(OH)–C–C–N with tert-alkyl or cyclic N) is 1. The zero-order valence-corrected chi connectivity index (χ0v) is 13.8. The summed E-state index contributed by atoms with van der Waals surface area (Å²) >= 11 is 0. The average Bonchev–Trinajstić information content (AvgIpc) is 2.39. The summed E-state index contributed by atoms with van der Waals surface area (Å²) in [6.45, 7) is 12.0. The van der Waals surface area contributed by atoms with Crippen molar-refractivity contribution in [3.8, 4) is 5.75 Å². The lowest BCUT2D eigenvalue weighted by atomic mass is 9.92. The van der Waals surface area contributed by atoms with Crippen molar-refractivity contribution in [2.75, 3.05) is 26.2 Å². The molecule has 1 fully saturated rings. The van der Waals surface area contributed by atoms with Crippen molar-refractivity contribution >= 4 is 0 Å². The molecule has 1 saturated heterocycles. The highest BCUT2D eigenvalue weighted by atomic mass is 16.5. The molecule has 0 aromatic heterocycles. The standard InChI is InChI=1S/C18H29NO2/c1-13-8-14(2)10-19(9-13)11-17(20)12-21-18-7-5-6-15(3)16(18)4/h5-7,13-14,17,20H,8-12H2,1-4H3/t13-,14-,17-/m0/s1. The number of rotatable bonds is 5.